The molecule has 0 aromatic rings. The van der Waals surface area contributed by atoms with Crippen LogP contribution >= 0.6 is 0 Å². The first kappa shape index (κ1) is 6.69. The Kier molecular flexibility index (Phi) is 3.70. The summed E-state index contributed by atoms with van der Waals surface area (Å²) in [6.07, 6.45) is 0.941. The smallest absolute Gasteiger partial charge is 0.181 e. The molecule has 0 heterocycles. The third kappa shape index (κ3) is 3.53. The predicted octanol–water partition coefficient (Wildman–Crippen LogP) is -1.04. The van der Waals surface area contributed by atoms with Crippen LogP contribution in [0.1, 0.15) is 6.92 Å². The normalized spacial score (nSPS) is 13.3. The molecule has 0 saturated carbocycles. The zero-order valence-corrected chi connectivity index (χ0v) is 4.77. The highest BCUT2D eigenvalue weighted by atomic mass is 16.1. The standard InChI is InChI=1S/C4H10BNO/c1-4(3-7)2-6-5/h3-4,6H,2,5H2,1H3. The molecule has 1 unspecified atom stereocenters. The lowest BCUT2D eigenvalue weighted by molar-refractivity contribution is -0.110. The van der Waals surface area contributed by atoms with E-state index in [-0.39, 0.29) is 5.92 Å². The van der Waals surface area contributed by atoms with Crippen molar-refractivity contribution in [3.05, 3.63) is 0 Å². The molecular formula is C4H10BNO. The first-order chi connectivity index (χ1) is 3.31. The van der Waals surface area contributed by atoms with Gasteiger partial charge in [-0.25, -0.2) is 0 Å². The van der Waals surface area contributed by atoms with Crippen molar-refractivity contribution < 1.29 is 4.79 Å². The minimum Gasteiger partial charge on any atom is -0.361 e. The fourth-order valence-electron chi connectivity index (χ4n) is 0.370. The number of hydrogen-bond donors (Lipinski definition) is 1. The minimum absolute atomic E-state index is 0.157. The molecule has 7 heavy (non-hydrogen) atoms. The van der Waals surface area contributed by atoms with Gasteiger partial charge in [0.25, 0.3) is 0 Å². The fourth-order valence-corrected chi connectivity index (χ4v) is 0.370. The number of carbonyl (C=O) groups is 1. The molecule has 0 spiro atoms. The first-order valence-corrected chi connectivity index (χ1v) is 2.41. The lowest BCUT2D eigenvalue weighted by Gasteiger charge is -1.97. The summed E-state index contributed by atoms with van der Waals surface area (Å²) in [6, 6.07) is 0. The highest BCUT2D eigenvalue weighted by Gasteiger charge is 1.92. The highest BCUT2D eigenvalue weighted by Crippen LogP contribution is 1.81. The van der Waals surface area contributed by atoms with Gasteiger partial charge in [0.2, 0.25) is 0 Å². The molecule has 0 aliphatic rings. The summed E-state index contributed by atoms with van der Waals surface area (Å²) >= 11 is 0. The first-order valence-electron chi connectivity index (χ1n) is 2.41. The molecule has 0 rings (SSSR count). The average molecular weight is 98.9 g/mol. The fraction of sp³-hybridized carbons (Fsp3) is 0.750. The van der Waals surface area contributed by atoms with E-state index in [4.69, 9.17) is 0 Å². The third-order valence-electron chi connectivity index (χ3n) is 0.758. The van der Waals surface area contributed by atoms with Gasteiger partial charge < -0.3 is 10.0 Å². The number of hydrogen-bond acceptors (Lipinski definition) is 2. The zero-order chi connectivity index (χ0) is 5.70. The summed E-state index contributed by atoms with van der Waals surface area (Å²) in [5, 5.41) is 2.89. The molecule has 0 aliphatic heterocycles. The Labute approximate surface area is 44.7 Å². The van der Waals surface area contributed by atoms with Crippen LogP contribution in [0.2, 0.25) is 0 Å². The summed E-state index contributed by atoms with van der Waals surface area (Å²) in [4.78, 5) is 9.85. The van der Waals surface area contributed by atoms with E-state index in [1.165, 1.54) is 0 Å². The Morgan fingerprint density at radius 3 is 2.71 bits per heavy atom. The van der Waals surface area contributed by atoms with E-state index in [0.717, 1.165) is 12.8 Å². The van der Waals surface area contributed by atoms with Gasteiger partial charge in [-0.05, 0) is 6.54 Å². The summed E-state index contributed by atoms with van der Waals surface area (Å²) in [5.41, 5.74) is 0. The summed E-state index contributed by atoms with van der Waals surface area (Å²) < 4.78 is 0. The molecule has 0 aromatic heterocycles. The molecule has 1 atom stereocenters. The molecule has 1 N–H and O–H groups in total. The average Bonchev–Trinajstić information content (AvgIpc) is 1.68. The molecule has 0 radical (unpaired) electrons. The lowest BCUT2D eigenvalue weighted by atomic mass is 10.2. The minimum atomic E-state index is 0.157. The van der Waals surface area contributed by atoms with Crippen LogP contribution in [-0.4, -0.2) is 20.8 Å². The second-order valence-corrected chi connectivity index (χ2v) is 1.67. The summed E-state index contributed by atoms with van der Waals surface area (Å²) in [6.45, 7) is 2.66. The molecule has 2 nitrogen and oxygen atoms in total. The van der Waals surface area contributed by atoms with Crippen molar-refractivity contribution in [1.29, 1.82) is 0 Å². The second-order valence-electron chi connectivity index (χ2n) is 1.67. The highest BCUT2D eigenvalue weighted by molar-refractivity contribution is 6.04. The van der Waals surface area contributed by atoms with E-state index in [1.54, 1.807) is 0 Å². The van der Waals surface area contributed by atoms with Gasteiger partial charge in [-0.15, -0.1) is 0 Å². The maximum Gasteiger partial charge on any atom is 0.181 e. The largest absolute Gasteiger partial charge is 0.361 e. The van der Waals surface area contributed by atoms with Gasteiger partial charge in [0.1, 0.15) is 6.29 Å². The SMILES string of the molecule is BNCC(C)C=O. The Bertz CT molecular complexity index is 57.7. The van der Waals surface area contributed by atoms with Crippen molar-refractivity contribution in [2.75, 3.05) is 6.54 Å². The monoisotopic (exact) mass is 99.1 g/mol. The van der Waals surface area contributed by atoms with Gasteiger partial charge in [0.15, 0.2) is 7.98 Å². The number of rotatable bonds is 3. The summed E-state index contributed by atoms with van der Waals surface area (Å²) in [7, 11) is 1.83. The van der Waals surface area contributed by atoms with E-state index in [1.807, 2.05) is 14.9 Å². The third-order valence-corrected chi connectivity index (χ3v) is 0.758. The molecule has 0 aromatic carbocycles. The Morgan fingerprint density at radius 2 is 2.57 bits per heavy atom. The van der Waals surface area contributed by atoms with Gasteiger partial charge >= 0.3 is 0 Å². The van der Waals surface area contributed by atoms with Crippen LogP contribution < -0.4 is 5.23 Å². The molecule has 3 heteroatoms. The van der Waals surface area contributed by atoms with Crippen LogP contribution in [-0.2, 0) is 4.79 Å². The molecule has 0 bridgehead atoms. The van der Waals surface area contributed by atoms with E-state index in [0.29, 0.717) is 0 Å². The lowest BCUT2D eigenvalue weighted by Crippen LogP contribution is -2.18. The quantitative estimate of drug-likeness (QED) is 0.361. The molecule has 0 fully saturated rings. The molecule has 40 valence electrons. The van der Waals surface area contributed by atoms with Crippen molar-refractivity contribution in [3.63, 3.8) is 0 Å². The Hall–Kier alpha value is -0.305. The predicted molar refractivity (Wildman–Crippen MR) is 31.8 cm³/mol. The van der Waals surface area contributed by atoms with E-state index in [2.05, 4.69) is 5.23 Å². The van der Waals surface area contributed by atoms with Crippen LogP contribution in [0, 0.1) is 5.92 Å². The van der Waals surface area contributed by atoms with Crippen molar-refractivity contribution in [3.8, 4) is 0 Å². The van der Waals surface area contributed by atoms with Gasteiger partial charge in [-0.3, -0.25) is 0 Å². The number of nitrogens with one attached hydrogen (secondary N) is 1. The Morgan fingerprint density at radius 1 is 2.00 bits per heavy atom. The van der Waals surface area contributed by atoms with Crippen molar-refractivity contribution in [2.24, 2.45) is 5.92 Å². The van der Waals surface area contributed by atoms with Crippen LogP contribution in [0.25, 0.3) is 0 Å². The van der Waals surface area contributed by atoms with Crippen LogP contribution in [0.5, 0.6) is 0 Å². The summed E-state index contributed by atoms with van der Waals surface area (Å²) in [5.74, 6) is 0.157. The van der Waals surface area contributed by atoms with E-state index >= 15 is 0 Å². The molecular weight excluding hydrogens is 88.9 g/mol. The van der Waals surface area contributed by atoms with Crippen molar-refractivity contribution >= 4 is 14.3 Å². The number of aldehydes is 1. The van der Waals surface area contributed by atoms with Gasteiger partial charge in [-0.2, -0.15) is 0 Å². The molecule has 0 amide bonds. The van der Waals surface area contributed by atoms with Gasteiger partial charge in [0, 0.05) is 5.92 Å². The van der Waals surface area contributed by atoms with Crippen LogP contribution in [0.3, 0.4) is 0 Å². The second kappa shape index (κ2) is 3.87. The van der Waals surface area contributed by atoms with Gasteiger partial charge in [-0.1, -0.05) is 6.92 Å². The van der Waals surface area contributed by atoms with Crippen molar-refractivity contribution in [2.45, 2.75) is 6.92 Å². The molecule has 0 saturated heterocycles. The zero-order valence-electron chi connectivity index (χ0n) is 4.77. The van der Waals surface area contributed by atoms with E-state index < -0.39 is 0 Å². The van der Waals surface area contributed by atoms with Crippen LogP contribution in [0.4, 0.5) is 0 Å². The van der Waals surface area contributed by atoms with Gasteiger partial charge in [0.05, 0.1) is 0 Å². The maximum atomic E-state index is 9.85. The van der Waals surface area contributed by atoms with Crippen molar-refractivity contribution in [1.82, 2.24) is 5.23 Å². The number of carbonyl (C=O) groups excluding carboxylic acids is 1. The maximum absolute atomic E-state index is 9.85. The van der Waals surface area contributed by atoms with E-state index in [9.17, 15) is 4.79 Å². The van der Waals surface area contributed by atoms with Crippen LogP contribution in [0.15, 0.2) is 0 Å². The topological polar surface area (TPSA) is 29.1 Å². The molecule has 0 aliphatic carbocycles. The Balaban J connectivity index is 2.98.